The number of halogens is 1. The number of carbonyl (C=O) groups excluding carboxylic acids is 1. The van der Waals surface area contributed by atoms with E-state index in [4.69, 9.17) is 9.26 Å². The average Bonchev–Trinajstić information content (AvgIpc) is 3.18. The fraction of sp³-hybridized carbons (Fsp3) is 0.571. The van der Waals surface area contributed by atoms with Crippen LogP contribution in [0.25, 0.3) is 11.4 Å². The Kier molecular flexibility index (Phi) is 7.33. The minimum Gasteiger partial charge on any atom is -0.379 e. The molecule has 0 spiro atoms. The van der Waals surface area contributed by atoms with E-state index in [2.05, 4.69) is 34.2 Å². The van der Waals surface area contributed by atoms with Crippen LogP contribution in [0.4, 0.5) is 4.39 Å². The second kappa shape index (κ2) is 9.93. The number of benzene rings is 1. The van der Waals surface area contributed by atoms with Crippen molar-refractivity contribution in [3.8, 4) is 11.4 Å². The summed E-state index contributed by atoms with van der Waals surface area (Å²) < 4.78 is 24.3. The first-order valence-electron chi connectivity index (χ1n) is 10.1. The number of aromatic nitrogens is 2. The second-order valence-electron chi connectivity index (χ2n) is 7.74. The van der Waals surface area contributed by atoms with E-state index in [-0.39, 0.29) is 24.2 Å². The molecule has 1 amide bonds. The van der Waals surface area contributed by atoms with E-state index >= 15 is 0 Å². The lowest BCUT2D eigenvalue weighted by Gasteiger charge is -2.36. The Morgan fingerprint density at radius 3 is 2.76 bits per heavy atom. The van der Waals surface area contributed by atoms with Gasteiger partial charge in [-0.15, -0.1) is 0 Å². The lowest BCUT2D eigenvalue weighted by Crippen LogP contribution is -2.51. The predicted octanol–water partition coefficient (Wildman–Crippen LogP) is 2.59. The van der Waals surface area contributed by atoms with Crippen LogP contribution in [0, 0.1) is 18.7 Å². The number of rotatable bonds is 8. The van der Waals surface area contributed by atoms with Crippen LogP contribution in [-0.2, 0) is 16.0 Å². The summed E-state index contributed by atoms with van der Waals surface area (Å²) in [5.41, 5.74) is 1.11. The maximum absolute atomic E-state index is 13.7. The highest BCUT2D eigenvalue weighted by Crippen LogP contribution is 2.19. The first kappa shape index (κ1) is 21.4. The third-order valence-electron chi connectivity index (χ3n) is 5.26. The van der Waals surface area contributed by atoms with E-state index < -0.39 is 0 Å². The Morgan fingerprint density at radius 2 is 2.07 bits per heavy atom. The normalized spacial score (nSPS) is 16.2. The summed E-state index contributed by atoms with van der Waals surface area (Å²) in [6.07, 6.45) is 0.606. The van der Waals surface area contributed by atoms with Crippen LogP contribution >= 0.6 is 0 Å². The molecule has 8 heteroatoms. The summed E-state index contributed by atoms with van der Waals surface area (Å²) in [7, 11) is 0. The molecule has 1 aliphatic rings. The molecule has 0 aliphatic carbocycles. The molecule has 1 fully saturated rings. The molecule has 29 heavy (non-hydrogen) atoms. The Balaban J connectivity index is 1.49. The smallest absolute Gasteiger partial charge is 0.227 e. The van der Waals surface area contributed by atoms with E-state index in [1.165, 1.54) is 6.07 Å². The average molecular weight is 404 g/mol. The van der Waals surface area contributed by atoms with E-state index in [9.17, 15) is 9.18 Å². The van der Waals surface area contributed by atoms with Crippen molar-refractivity contribution in [3.05, 3.63) is 35.5 Å². The third-order valence-corrected chi connectivity index (χ3v) is 5.26. The first-order chi connectivity index (χ1) is 13.9. The SMILES string of the molecule is Cc1ccc(-c2noc(CCC(=O)NCC(C(C)C)N3CCOCC3)n2)cc1F. The van der Waals surface area contributed by atoms with Crippen molar-refractivity contribution >= 4 is 5.91 Å². The molecule has 1 aromatic carbocycles. The standard InChI is InChI=1S/C21H29FN4O3/c1-14(2)18(26-8-10-28-11-9-26)13-23-19(27)6-7-20-24-21(25-29-20)16-5-4-15(3)17(22)12-16/h4-5,12,14,18H,6-11,13H2,1-3H3,(H,23,27). The molecule has 2 heterocycles. The topological polar surface area (TPSA) is 80.5 Å². The van der Waals surface area contributed by atoms with Crippen molar-refractivity contribution in [3.63, 3.8) is 0 Å². The minimum absolute atomic E-state index is 0.0509. The van der Waals surface area contributed by atoms with Crippen LogP contribution in [0.15, 0.2) is 22.7 Å². The molecular weight excluding hydrogens is 375 g/mol. The van der Waals surface area contributed by atoms with Gasteiger partial charge in [0.15, 0.2) is 0 Å². The Labute approximate surface area is 170 Å². The van der Waals surface area contributed by atoms with Gasteiger partial charge in [0, 0.05) is 44.1 Å². The second-order valence-corrected chi connectivity index (χ2v) is 7.74. The Morgan fingerprint density at radius 1 is 1.31 bits per heavy atom. The molecule has 1 atom stereocenters. The lowest BCUT2D eigenvalue weighted by atomic mass is 10.0. The van der Waals surface area contributed by atoms with Crippen LogP contribution in [0.2, 0.25) is 0 Å². The van der Waals surface area contributed by atoms with E-state index in [0.717, 1.165) is 26.3 Å². The number of nitrogens with one attached hydrogen (secondary N) is 1. The number of hydrogen-bond acceptors (Lipinski definition) is 6. The third kappa shape index (κ3) is 5.83. The number of aryl methyl sites for hydroxylation is 2. The summed E-state index contributed by atoms with van der Waals surface area (Å²) in [6.45, 7) is 9.89. The van der Waals surface area contributed by atoms with Gasteiger partial charge < -0.3 is 14.6 Å². The first-order valence-corrected chi connectivity index (χ1v) is 10.1. The van der Waals surface area contributed by atoms with Crippen molar-refractivity contribution in [1.82, 2.24) is 20.4 Å². The van der Waals surface area contributed by atoms with Gasteiger partial charge in [0.1, 0.15) is 5.82 Å². The summed E-state index contributed by atoms with van der Waals surface area (Å²) in [6, 6.07) is 5.09. The van der Waals surface area contributed by atoms with Crippen molar-refractivity contribution < 1.29 is 18.4 Å². The van der Waals surface area contributed by atoms with Gasteiger partial charge in [-0.1, -0.05) is 31.1 Å². The summed E-state index contributed by atoms with van der Waals surface area (Å²) >= 11 is 0. The number of amides is 1. The molecule has 0 radical (unpaired) electrons. The predicted molar refractivity (Wildman–Crippen MR) is 107 cm³/mol. The molecule has 0 saturated carbocycles. The molecule has 7 nitrogen and oxygen atoms in total. The van der Waals surface area contributed by atoms with Crippen molar-refractivity contribution in [2.45, 2.75) is 39.7 Å². The fourth-order valence-electron chi connectivity index (χ4n) is 3.43. The molecule has 3 rings (SSSR count). The van der Waals surface area contributed by atoms with E-state index in [1.54, 1.807) is 19.1 Å². The number of hydrogen-bond donors (Lipinski definition) is 1. The zero-order valence-electron chi connectivity index (χ0n) is 17.3. The van der Waals surface area contributed by atoms with Gasteiger partial charge in [-0.05, 0) is 24.5 Å². The van der Waals surface area contributed by atoms with Gasteiger partial charge in [-0.3, -0.25) is 9.69 Å². The zero-order valence-corrected chi connectivity index (χ0v) is 17.3. The maximum atomic E-state index is 13.7. The monoisotopic (exact) mass is 404 g/mol. The van der Waals surface area contributed by atoms with Gasteiger partial charge in [0.2, 0.25) is 17.6 Å². The number of morpholine rings is 1. The molecule has 1 N–H and O–H groups in total. The van der Waals surface area contributed by atoms with Gasteiger partial charge in [0.25, 0.3) is 0 Å². The fourth-order valence-corrected chi connectivity index (χ4v) is 3.43. The van der Waals surface area contributed by atoms with Gasteiger partial charge in [-0.2, -0.15) is 4.98 Å². The summed E-state index contributed by atoms with van der Waals surface area (Å²) in [5.74, 6) is 0.760. The number of nitrogens with zero attached hydrogens (tertiary/aromatic N) is 3. The largest absolute Gasteiger partial charge is 0.379 e. The molecule has 1 unspecified atom stereocenters. The number of carbonyl (C=O) groups is 1. The highest BCUT2D eigenvalue weighted by atomic mass is 19.1. The highest BCUT2D eigenvalue weighted by Gasteiger charge is 2.24. The van der Waals surface area contributed by atoms with E-state index in [0.29, 0.717) is 41.7 Å². The highest BCUT2D eigenvalue weighted by molar-refractivity contribution is 5.76. The minimum atomic E-state index is -0.312. The molecule has 1 saturated heterocycles. The van der Waals surface area contributed by atoms with Gasteiger partial charge in [-0.25, -0.2) is 4.39 Å². The number of ether oxygens (including phenoxy) is 1. The zero-order chi connectivity index (χ0) is 20.8. The van der Waals surface area contributed by atoms with Gasteiger partial charge in [0.05, 0.1) is 13.2 Å². The van der Waals surface area contributed by atoms with Crippen molar-refractivity contribution in [2.24, 2.45) is 5.92 Å². The summed E-state index contributed by atoms with van der Waals surface area (Å²) in [4.78, 5) is 18.9. The van der Waals surface area contributed by atoms with E-state index in [1.807, 2.05) is 0 Å². The van der Waals surface area contributed by atoms with Crippen LogP contribution < -0.4 is 5.32 Å². The maximum Gasteiger partial charge on any atom is 0.227 e. The molecule has 1 aliphatic heterocycles. The van der Waals surface area contributed by atoms with Crippen molar-refractivity contribution in [2.75, 3.05) is 32.8 Å². The molecule has 0 bridgehead atoms. The quantitative estimate of drug-likeness (QED) is 0.728. The molecular formula is C21H29FN4O3. The molecule has 1 aromatic heterocycles. The van der Waals surface area contributed by atoms with Crippen LogP contribution in [0.3, 0.4) is 0 Å². The van der Waals surface area contributed by atoms with Gasteiger partial charge >= 0.3 is 0 Å². The van der Waals surface area contributed by atoms with Crippen LogP contribution in [0.1, 0.15) is 31.7 Å². The Bertz CT molecular complexity index is 818. The van der Waals surface area contributed by atoms with Crippen LogP contribution in [0.5, 0.6) is 0 Å². The van der Waals surface area contributed by atoms with Crippen molar-refractivity contribution in [1.29, 1.82) is 0 Å². The summed E-state index contributed by atoms with van der Waals surface area (Å²) in [5, 5.41) is 6.91. The molecule has 2 aromatic rings. The Hall–Kier alpha value is -2.32. The molecule has 158 valence electrons. The van der Waals surface area contributed by atoms with Crippen LogP contribution in [-0.4, -0.2) is 59.8 Å². The lowest BCUT2D eigenvalue weighted by molar-refractivity contribution is -0.121.